The number of carbonyl (C=O) groups is 2. The van der Waals surface area contributed by atoms with Crippen LogP contribution in [0.2, 0.25) is 0 Å². The third kappa shape index (κ3) is 1.32. The Balaban J connectivity index is 2.22. The van der Waals surface area contributed by atoms with Crippen LogP contribution in [0.4, 0.5) is 5.69 Å². The van der Waals surface area contributed by atoms with Crippen LogP contribution in [0.15, 0.2) is 11.4 Å². The number of methoxy groups -OCH3 is 1. The Bertz CT molecular complexity index is 550. The number of fused-ring (bicyclic) bond motifs is 3. The van der Waals surface area contributed by atoms with E-state index in [-0.39, 0.29) is 5.88 Å². The van der Waals surface area contributed by atoms with Crippen molar-refractivity contribution in [3.05, 3.63) is 6.33 Å². The largest absolute Gasteiger partial charge is 0.479 e. The minimum absolute atomic E-state index is 0.255. The van der Waals surface area contributed by atoms with Gasteiger partial charge in [-0.15, -0.1) is 0 Å². The molecule has 3 rings (SSSR count). The normalized spacial score (nSPS) is 25.6. The first-order valence-electron chi connectivity index (χ1n) is 5.16. The first kappa shape index (κ1) is 11.3. The van der Waals surface area contributed by atoms with Crippen LogP contribution in [0, 0.1) is 0 Å². The van der Waals surface area contributed by atoms with Crippen LogP contribution >= 0.6 is 11.8 Å². The summed E-state index contributed by atoms with van der Waals surface area (Å²) < 4.78 is 10.3. The summed E-state index contributed by atoms with van der Waals surface area (Å²) in [4.78, 5) is 32.7. The molecule has 94 valence electrons. The Kier molecular flexibility index (Phi) is 2.24. The van der Waals surface area contributed by atoms with E-state index in [2.05, 4.69) is 9.97 Å². The van der Waals surface area contributed by atoms with Crippen molar-refractivity contribution in [3.63, 3.8) is 0 Å². The molecule has 7 nitrogen and oxygen atoms in total. The fourth-order valence-electron chi connectivity index (χ4n) is 2.02. The van der Waals surface area contributed by atoms with Gasteiger partial charge in [0.25, 0.3) is 0 Å². The van der Waals surface area contributed by atoms with E-state index in [0.717, 1.165) is 0 Å². The minimum atomic E-state index is -0.996. The predicted molar refractivity (Wildman–Crippen MR) is 61.3 cm³/mol. The molecule has 0 N–H and O–H groups in total. The molecule has 2 aliphatic heterocycles. The lowest BCUT2D eigenvalue weighted by atomic mass is 10.2. The van der Waals surface area contributed by atoms with E-state index in [9.17, 15) is 9.59 Å². The van der Waals surface area contributed by atoms with Gasteiger partial charge < -0.3 is 9.47 Å². The number of aromatic nitrogens is 2. The number of ether oxygens (including phenoxy) is 2. The van der Waals surface area contributed by atoms with E-state index in [1.807, 2.05) is 0 Å². The zero-order valence-corrected chi connectivity index (χ0v) is 10.5. The molecule has 3 heterocycles. The fraction of sp³-hybridized carbons (Fsp3) is 0.400. The number of rotatable bonds is 1. The van der Waals surface area contributed by atoms with Crippen LogP contribution in [0.3, 0.4) is 0 Å². The van der Waals surface area contributed by atoms with Gasteiger partial charge in [0.1, 0.15) is 17.0 Å². The molecule has 1 atom stereocenters. The molecule has 0 radical (unpaired) electrons. The summed E-state index contributed by atoms with van der Waals surface area (Å²) >= 11 is 1.40. The maximum atomic E-state index is 11.9. The monoisotopic (exact) mass is 267 g/mol. The second-order valence-corrected chi connectivity index (χ2v) is 4.99. The average molecular weight is 267 g/mol. The number of esters is 1. The van der Waals surface area contributed by atoms with Crippen LogP contribution in [0.25, 0.3) is 0 Å². The van der Waals surface area contributed by atoms with Crippen molar-refractivity contribution in [1.29, 1.82) is 0 Å². The molecular weight excluding hydrogens is 258 g/mol. The highest BCUT2D eigenvalue weighted by Crippen LogP contribution is 2.47. The van der Waals surface area contributed by atoms with Crippen LogP contribution < -0.4 is 9.64 Å². The van der Waals surface area contributed by atoms with Gasteiger partial charge in [-0.25, -0.2) is 9.78 Å². The predicted octanol–water partition coefficient (Wildman–Crippen LogP) is 0.197. The van der Waals surface area contributed by atoms with Gasteiger partial charge in [0.2, 0.25) is 5.88 Å². The van der Waals surface area contributed by atoms with E-state index < -0.39 is 17.6 Å². The number of anilines is 1. The Labute approximate surface area is 106 Å². The molecule has 1 amide bonds. The Morgan fingerprint density at radius 2 is 2.28 bits per heavy atom. The van der Waals surface area contributed by atoms with E-state index in [1.54, 1.807) is 6.92 Å². The van der Waals surface area contributed by atoms with Crippen molar-refractivity contribution in [3.8, 4) is 5.88 Å². The molecule has 18 heavy (non-hydrogen) atoms. The third-order valence-electron chi connectivity index (χ3n) is 2.81. The number of hydrogen-bond acceptors (Lipinski definition) is 7. The van der Waals surface area contributed by atoms with Crippen molar-refractivity contribution in [1.82, 2.24) is 9.97 Å². The molecule has 1 aromatic heterocycles. The molecule has 0 bridgehead atoms. The molecule has 1 aromatic rings. The first-order valence-corrected chi connectivity index (χ1v) is 6.15. The summed E-state index contributed by atoms with van der Waals surface area (Å²) in [6, 6.07) is 0. The number of nitrogens with zero attached hydrogens (tertiary/aromatic N) is 3. The zero-order chi connectivity index (χ0) is 12.9. The Morgan fingerprint density at radius 1 is 1.50 bits per heavy atom. The number of amides is 1. The highest BCUT2D eigenvalue weighted by Gasteiger charge is 2.55. The van der Waals surface area contributed by atoms with Gasteiger partial charge in [-0.05, 0) is 6.92 Å². The maximum absolute atomic E-state index is 11.9. The average Bonchev–Trinajstić information content (AvgIpc) is 2.59. The molecule has 0 aliphatic carbocycles. The molecule has 0 spiro atoms. The molecule has 8 heteroatoms. The van der Waals surface area contributed by atoms with Gasteiger partial charge in [-0.3, -0.25) is 9.69 Å². The van der Waals surface area contributed by atoms with E-state index in [4.69, 9.17) is 9.47 Å². The Morgan fingerprint density at radius 3 is 3.00 bits per heavy atom. The molecule has 0 saturated carbocycles. The van der Waals surface area contributed by atoms with Crippen LogP contribution in [0.1, 0.15) is 6.92 Å². The van der Waals surface area contributed by atoms with Gasteiger partial charge in [-0.2, -0.15) is 4.98 Å². The minimum Gasteiger partial charge on any atom is -0.479 e. The third-order valence-corrected chi connectivity index (χ3v) is 4.06. The lowest BCUT2D eigenvalue weighted by Gasteiger charge is -2.36. The highest BCUT2D eigenvalue weighted by molar-refractivity contribution is 7.99. The number of thioether (sulfide) groups is 1. The van der Waals surface area contributed by atoms with Crippen LogP contribution in [-0.4, -0.2) is 40.4 Å². The summed E-state index contributed by atoms with van der Waals surface area (Å²) in [5, 5.41) is 0.603. The van der Waals surface area contributed by atoms with Crippen molar-refractivity contribution in [2.24, 2.45) is 0 Å². The Hall–Kier alpha value is -1.83. The van der Waals surface area contributed by atoms with Crippen molar-refractivity contribution < 1.29 is 19.1 Å². The van der Waals surface area contributed by atoms with Crippen LogP contribution in [-0.2, 0) is 14.3 Å². The zero-order valence-electron chi connectivity index (χ0n) is 9.67. The van der Waals surface area contributed by atoms with Crippen molar-refractivity contribution >= 4 is 29.3 Å². The molecule has 2 aliphatic rings. The molecular formula is C10H9N3O4S. The molecule has 1 saturated heterocycles. The van der Waals surface area contributed by atoms with Gasteiger partial charge >= 0.3 is 11.9 Å². The lowest BCUT2D eigenvalue weighted by Crippen LogP contribution is -2.49. The summed E-state index contributed by atoms with van der Waals surface area (Å²) in [6.07, 6.45) is 1.36. The fourth-order valence-corrected chi connectivity index (χ4v) is 3.05. The van der Waals surface area contributed by atoms with Crippen molar-refractivity contribution in [2.75, 3.05) is 17.8 Å². The standard InChI is InChI=1S/C10H9N3O4S/c1-10-3-18-7-5(6(16-2)11-4-12-7)13(10)8(14)9(15)17-10/h4H,3H2,1-2H3. The number of hydrogen-bond donors (Lipinski definition) is 0. The maximum Gasteiger partial charge on any atom is 0.399 e. The summed E-state index contributed by atoms with van der Waals surface area (Å²) in [5.74, 6) is -0.897. The lowest BCUT2D eigenvalue weighted by molar-refractivity contribution is -0.151. The van der Waals surface area contributed by atoms with Gasteiger partial charge in [0, 0.05) is 0 Å². The van der Waals surface area contributed by atoms with Crippen molar-refractivity contribution in [2.45, 2.75) is 17.7 Å². The highest BCUT2D eigenvalue weighted by atomic mass is 32.2. The topological polar surface area (TPSA) is 81.6 Å². The van der Waals surface area contributed by atoms with E-state index in [1.165, 1.54) is 30.1 Å². The van der Waals surface area contributed by atoms with E-state index in [0.29, 0.717) is 16.5 Å². The summed E-state index contributed by atoms with van der Waals surface area (Å²) in [7, 11) is 1.45. The summed E-state index contributed by atoms with van der Waals surface area (Å²) in [5.41, 5.74) is -0.598. The number of carbonyl (C=O) groups excluding carboxylic acids is 2. The molecule has 1 fully saturated rings. The summed E-state index contributed by atoms with van der Waals surface area (Å²) in [6.45, 7) is 1.68. The van der Waals surface area contributed by atoms with Gasteiger partial charge in [0.15, 0.2) is 5.72 Å². The molecule has 1 unspecified atom stereocenters. The second kappa shape index (κ2) is 3.58. The van der Waals surface area contributed by atoms with Crippen LogP contribution in [0.5, 0.6) is 5.88 Å². The van der Waals surface area contributed by atoms with Gasteiger partial charge in [-0.1, -0.05) is 11.8 Å². The second-order valence-electron chi connectivity index (χ2n) is 4.03. The van der Waals surface area contributed by atoms with E-state index >= 15 is 0 Å². The quantitative estimate of drug-likeness (QED) is 0.408. The van der Waals surface area contributed by atoms with Gasteiger partial charge in [0.05, 0.1) is 12.9 Å². The first-order chi connectivity index (χ1) is 8.57. The smallest absolute Gasteiger partial charge is 0.399 e. The molecule has 0 aromatic carbocycles. The SMILES string of the molecule is COc1ncnc2c1N1C(=O)C(=O)OC1(C)CS2.